The van der Waals surface area contributed by atoms with E-state index < -0.39 is 0 Å². The van der Waals surface area contributed by atoms with Gasteiger partial charge in [-0.2, -0.15) is 5.10 Å². The van der Waals surface area contributed by atoms with Gasteiger partial charge in [-0.1, -0.05) is 37.6 Å². The Bertz CT molecular complexity index is 729. The van der Waals surface area contributed by atoms with Gasteiger partial charge in [0.1, 0.15) is 0 Å². The number of nitrogens with zero attached hydrogens (tertiary/aromatic N) is 2. The standard InChI is InChI=1S/C19H25ClN4O.ClH/c1-12(2)18(13-4-6-15(20)7-5-13)23-19(25)17-10-21-9-16(17)14-8-22-24(3)11-14;/h4-8,11-12,16-18,21H,9-10H2,1-3H3,(H,23,25);1H/t16-,17+,18?;/m1./s1. The molecule has 1 amide bonds. The van der Waals surface area contributed by atoms with Crippen molar-refractivity contribution in [2.75, 3.05) is 13.1 Å². The lowest BCUT2D eigenvalue weighted by molar-refractivity contribution is -0.125. The van der Waals surface area contributed by atoms with Gasteiger partial charge in [-0.05, 0) is 29.2 Å². The van der Waals surface area contributed by atoms with Gasteiger partial charge < -0.3 is 10.6 Å². The first-order valence-corrected chi connectivity index (χ1v) is 9.08. The van der Waals surface area contributed by atoms with Crippen LogP contribution in [0.3, 0.4) is 0 Å². The van der Waals surface area contributed by atoms with Crippen molar-refractivity contribution in [1.29, 1.82) is 0 Å². The zero-order chi connectivity index (χ0) is 18.0. The molecule has 2 aromatic rings. The number of carbonyl (C=O) groups is 1. The second kappa shape index (κ2) is 8.89. The van der Waals surface area contributed by atoms with Crippen molar-refractivity contribution in [3.8, 4) is 0 Å². The molecule has 1 aliphatic heterocycles. The maximum Gasteiger partial charge on any atom is 0.225 e. The lowest BCUT2D eigenvalue weighted by Gasteiger charge is -2.26. The third-order valence-electron chi connectivity index (χ3n) is 4.90. The summed E-state index contributed by atoms with van der Waals surface area (Å²) in [5.74, 6) is 0.452. The third-order valence-corrected chi connectivity index (χ3v) is 5.15. The first kappa shape index (κ1) is 20.7. The zero-order valence-electron chi connectivity index (χ0n) is 15.3. The molecule has 1 fully saturated rings. The number of benzene rings is 1. The van der Waals surface area contributed by atoms with Crippen LogP contribution in [0.5, 0.6) is 0 Å². The number of aromatic nitrogens is 2. The van der Waals surface area contributed by atoms with Crippen LogP contribution in [0.15, 0.2) is 36.7 Å². The Kier molecular flexibility index (Phi) is 7.09. The van der Waals surface area contributed by atoms with Crippen LogP contribution < -0.4 is 10.6 Å². The van der Waals surface area contributed by atoms with Crippen LogP contribution in [0.2, 0.25) is 5.02 Å². The molecule has 3 atom stereocenters. The highest BCUT2D eigenvalue weighted by atomic mass is 35.5. The fourth-order valence-corrected chi connectivity index (χ4v) is 3.63. The van der Waals surface area contributed by atoms with E-state index in [1.807, 2.05) is 43.7 Å². The van der Waals surface area contributed by atoms with Crippen molar-refractivity contribution in [3.63, 3.8) is 0 Å². The van der Waals surface area contributed by atoms with E-state index >= 15 is 0 Å². The molecule has 5 nitrogen and oxygen atoms in total. The molecule has 26 heavy (non-hydrogen) atoms. The summed E-state index contributed by atoms with van der Waals surface area (Å²) in [7, 11) is 1.90. The third kappa shape index (κ3) is 4.58. The summed E-state index contributed by atoms with van der Waals surface area (Å²) in [5, 5.41) is 11.5. The number of aryl methyl sites for hydroxylation is 1. The Hall–Kier alpha value is -1.56. The van der Waals surface area contributed by atoms with E-state index in [4.69, 9.17) is 11.6 Å². The van der Waals surface area contributed by atoms with Gasteiger partial charge in [-0.3, -0.25) is 9.48 Å². The maximum atomic E-state index is 13.0. The molecule has 0 aliphatic carbocycles. The minimum atomic E-state index is -0.0854. The normalized spacial score (nSPS) is 20.7. The number of hydrogen-bond donors (Lipinski definition) is 2. The second-order valence-corrected chi connectivity index (χ2v) is 7.54. The number of amides is 1. The van der Waals surface area contributed by atoms with Crippen LogP contribution in [0.1, 0.15) is 36.9 Å². The highest BCUT2D eigenvalue weighted by molar-refractivity contribution is 6.30. The molecule has 0 radical (unpaired) electrons. The summed E-state index contributed by atoms with van der Waals surface area (Å²) in [5.41, 5.74) is 2.19. The van der Waals surface area contributed by atoms with Crippen molar-refractivity contribution >= 4 is 29.9 Å². The first-order valence-electron chi connectivity index (χ1n) is 8.71. The monoisotopic (exact) mass is 396 g/mol. The van der Waals surface area contributed by atoms with Crippen molar-refractivity contribution in [2.45, 2.75) is 25.8 Å². The average Bonchev–Trinajstić information content (AvgIpc) is 3.21. The Balaban J connectivity index is 0.00000243. The van der Waals surface area contributed by atoms with Crippen LogP contribution in [0.4, 0.5) is 0 Å². The minimum Gasteiger partial charge on any atom is -0.349 e. The van der Waals surface area contributed by atoms with Crippen LogP contribution >= 0.6 is 24.0 Å². The van der Waals surface area contributed by atoms with Gasteiger partial charge in [0.2, 0.25) is 5.91 Å². The topological polar surface area (TPSA) is 59.0 Å². The van der Waals surface area contributed by atoms with Crippen LogP contribution in [-0.4, -0.2) is 28.8 Å². The summed E-state index contributed by atoms with van der Waals surface area (Å²) >= 11 is 5.99. The van der Waals surface area contributed by atoms with Crippen LogP contribution in [-0.2, 0) is 11.8 Å². The highest BCUT2D eigenvalue weighted by Gasteiger charge is 2.36. The van der Waals surface area contributed by atoms with Crippen LogP contribution in [0, 0.1) is 11.8 Å². The fourth-order valence-electron chi connectivity index (χ4n) is 3.50. The van der Waals surface area contributed by atoms with Gasteiger partial charge in [0, 0.05) is 37.3 Å². The molecule has 3 rings (SSSR count). The van der Waals surface area contributed by atoms with E-state index in [1.54, 1.807) is 4.68 Å². The predicted octanol–water partition coefficient (Wildman–Crippen LogP) is 3.31. The van der Waals surface area contributed by atoms with E-state index in [-0.39, 0.29) is 42.1 Å². The molecule has 2 heterocycles. The molecule has 1 aliphatic rings. The number of halogens is 2. The van der Waals surface area contributed by atoms with Crippen molar-refractivity contribution in [1.82, 2.24) is 20.4 Å². The van der Waals surface area contributed by atoms with Gasteiger partial charge in [-0.15, -0.1) is 12.4 Å². The molecule has 0 spiro atoms. The largest absolute Gasteiger partial charge is 0.349 e. The smallest absolute Gasteiger partial charge is 0.225 e. The summed E-state index contributed by atoms with van der Waals surface area (Å²) < 4.78 is 1.78. The lowest BCUT2D eigenvalue weighted by Crippen LogP contribution is -2.38. The average molecular weight is 397 g/mol. The number of nitrogens with one attached hydrogen (secondary N) is 2. The molecule has 2 N–H and O–H groups in total. The number of rotatable bonds is 5. The van der Waals surface area contributed by atoms with Gasteiger partial charge >= 0.3 is 0 Å². The van der Waals surface area contributed by atoms with Crippen molar-refractivity contribution < 1.29 is 4.79 Å². The van der Waals surface area contributed by atoms with E-state index in [1.165, 1.54) is 0 Å². The molecule has 1 aromatic heterocycles. The van der Waals surface area contributed by atoms with E-state index in [0.29, 0.717) is 11.6 Å². The van der Waals surface area contributed by atoms with Gasteiger partial charge in [0.15, 0.2) is 0 Å². The van der Waals surface area contributed by atoms with Gasteiger partial charge in [0.25, 0.3) is 0 Å². The Morgan fingerprint density at radius 3 is 2.58 bits per heavy atom. The first-order chi connectivity index (χ1) is 12.0. The Morgan fingerprint density at radius 2 is 2.00 bits per heavy atom. The minimum absolute atomic E-state index is 0. The predicted molar refractivity (Wildman–Crippen MR) is 107 cm³/mol. The summed E-state index contributed by atoms with van der Waals surface area (Å²) in [6, 6.07) is 7.68. The SMILES string of the molecule is CC(C)C(NC(=O)[C@H]1CNC[C@@H]1c1cnn(C)c1)c1ccc(Cl)cc1.Cl. The zero-order valence-corrected chi connectivity index (χ0v) is 16.8. The fraction of sp³-hybridized carbons (Fsp3) is 0.474. The van der Waals surface area contributed by atoms with Crippen molar-refractivity contribution in [3.05, 3.63) is 52.8 Å². The lowest BCUT2D eigenvalue weighted by atomic mass is 9.89. The molecule has 1 unspecified atom stereocenters. The van der Waals surface area contributed by atoms with Crippen LogP contribution in [0.25, 0.3) is 0 Å². The molecular weight excluding hydrogens is 371 g/mol. The second-order valence-electron chi connectivity index (χ2n) is 7.10. The number of carbonyl (C=O) groups excluding carboxylic acids is 1. The summed E-state index contributed by atoms with van der Waals surface area (Å²) in [4.78, 5) is 13.0. The van der Waals surface area contributed by atoms with Crippen molar-refractivity contribution in [2.24, 2.45) is 18.9 Å². The molecule has 1 saturated heterocycles. The van der Waals surface area contributed by atoms with Gasteiger partial charge in [-0.25, -0.2) is 0 Å². The highest BCUT2D eigenvalue weighted by Crippen LogP contribution is 2.30. The van der Waals surface area contributed by atoms with E-state index in [9.17, 15) is 4.79 Å². The molecule has 1 aromatic carbocycles. The Labute approximate surface area is 165 Å². The molecular formula is C19H26Cl2N4O. The quantitative estimate of drug-likeness (QED) is 0.814. The summed E-state index contributed by atoms with van der Waals surface area (Å²) in [6.07, 6.45) is 3.86. The maximum absolute atomic E-state index is 13.0. The molecule has 142 valence electrons. The Morgan fingerprint density at radius 1 is 1.31 bits per heavy atom. The molecule has 0 bridgehead atoms. The molecule has 7 heteroatoms. The van der Waals surface area contributed by atoms with Gasteiger partial charge in [0.05, 0.1) is 18.2 Å². The van der Waals surface area contributed by atoms with E-state index in [2.05, 4.69) is 29.6 Å². The molecule has 0 saturated carbocycles. The summed E-state index contributed by atoms with van der Waals surface area (Å²) in [6.45, 7) is 5.73. The van der Waals surface area contributed by atoms with E-state index in [0.717, 1.165) is 17.7 Å². The number of hydrogen-bond acceptors (Lipinski definition) is 3.